The molecule has 3 nitrogen and oxygen atoms in total. The molecule has 17 heavy (non-hydrogen) atoms. The smallest absolute Gasteiger partial charge is 0.123 e. The fourth-order valence-electron chi connectivity index (χ4n) is 2.05. The number of nitrogens with one attached hydrogen (secondary N) is 1. The predicted molar refractivity (Wildman–Crippen MR) is 65.2 cm³/mol. The van der Waals surface area contributed by atoms with Crippen LogP contribution in [0.3, 0.4) is 0 Å². The Morgan fingerprint density at radius 1 is 1.41 bits per heavy atom. The van der Waals surface area contributed by atoms with Crippen molar-refractivity contribution in [3.63, 3.8) is 0 Å². The molecule has 4 heteroatoms. The molecule has 0 aliphatic carbocycles. The number of benzene rings is 1. The molecule has 1 N–H and O–H groups in total. The van der Waals surface area contributed by atoms with Gasteiger partial charge >= 0.3 is 0 Å². The third-order valence-corrected chi connectivity index (χ3v) is 2.89. The molecule has 0 saturated carbocycles. The second-order valence-corrected chi connectivity index (χ2v) is 4.17. The van der Waals surface area contributed by atoms with Crippen molar-refractivity contribution in [3.05, 3.63) is 53.1 Å². The van der Waals surface area contributed by atoms with Gasteiger partial charge in [-0.25, -0.2) is 4.39 Å². The summed E-state index contributed by atoms with van der Waals surface area (Å²) >= 11 is 0. The summed E-state index contributed by atoms with van der Waals surface area (Å²) in [5, 5.41) is 7.39. The fourth-order valence-corrected chi connectivity index (χ4v) is 2.05. The zero-order valence-corrected chi connectivity index (χ0v) is 10.2. The summed E-state index contributed by atoms with van der Waals surface area (Å²) in [7, 11) is 3.77. The van der Waals surface area contributed by atoms with Crippen molar-refractivity contribution in [1.29, 1.82) is 0 Å². The quantitative estimate of drug-likeness (QED) is 0.880. The Bertz CT molecular complexity index is 519. The molecular weight excluding hydrogens is 217 g/mol. The molecule has 0 radical (unpaired) electrons. The van der Waals surface area contributed by atoms with Gasteiger partial charge in [0.05, 0.1) is 12.2 Å². The van der Waals surface area contributed by atoms with Crippen LogP contribution < -0.4 is 5.32 Å². The largest absolute Gasteiger partial charge is 0.309 e. The highest BCUT2D eigenvalue weighted by Gasteiger charge is 2.15. The number of halogens is 1. The summed E-state index contributed by atoms with van der Waals surface area (Å²) < 4.78 is 14.8. The molecular formula is C13H16FN3. The Morgan fingerprint density at radius 3 is 2.71 bits per heavy atom. The van der Waals surface area contributed by atoms with Gasteiger partial charge in [-0.15, -0.1) is 0 Å². The summed E-state index contributed by atoms with van der Waals surface area (Å²) in [5.74, 6) is -0.202. The molecule has 0 saturated heterocycles. The van der Waals surface area contributed by atoms with Gasteiger partial charge in [0, 0.05) is 18.8 Å². The van der Waals surface area contributed by atoms with Gasteiger partial charge in [0.1, 0.15) is 5.82 Å². The van der Waals surface area contributed by atoms with Crippen LogP contribution in [0.1, 0.15) is 22.7 Å². The minimum atomic E-state index is -0.202. The molecule has 0 spiro atoms. The first kappa shape index (κ1) is 11.8. The van der Waals surface area contributed by atoms with Crippen LogP contribution in [0, 0.1) is 12.7 Å². The maximum absolute atomic E-state index is 13.1. The van der Waals surface area contributed by atoms with Gasteiger partial charge in [-0.3, -0.25) is 4.68 Å². The first-order valence-corrected chi connectivity index (χ1v) is 5.53. The van der Waals surface area contributed by atoms with Gasteiger partial charge in [-0.05, 0) is 37.2 Å². The summed E-state index contributed by atoms with van der Waals surface area (Å²) in [6, 6.07) is 4.90. The SMILES string of the molecule is CNC(c1cnn(C)c1)c1ccc(F)cc1C. The molecule has 1 unspecified atom stereocenters. The molecule has 1 aromatic carbocycles. The topological polar surface area (TPSA) is 29.9 Å². The summed E-state index contributed by atoms with van der Waals surface area (Å²) in [4.78, 5) is 0. The van der Waals surface area contributed by atoms with E-state index in [1.807, 2.05) is 39.5 Å². The van der Waals surface area contributed by atoms with Crippen LogP contribution in [0.2, 0.25) is 0 Å². The molecule has 2 aromatic rings. The minimum Gasteiger partial charge on any atom is -0.309 e. The third kappa shape index (κ3) is 2.36. The first-order chi connectivity index (χ1) is 8.11. The van der Waals surface area contributed by atoms with Gasteiger partial charge in [0.25, 0.3) is 0 Å². The van der Waals surface area contributed by atoms with Crippen LogP contribution in [-0.2, 0) is 7.05 Å². The molecule has 1 heterocycles. The van der Waals surface area contributed by atoms with E-state index in [1.54, 1.807) is 10.7 Å². The van der Waals surface area contributed by atoms with Crippen LogP contribution in [0.4, 0.5) is 4.39 Å². The van der Waals surface area contributed by atoms with Gasteiger partial charge in [0.2, 0.25) is 0 Å². The van der Waals surface area contributed by atoms with Gasteiger partial charge in [0.15, 0.2) is 0 Å². The summed E-state index contributed by atoms with van der Waals surface area (Å²) in [6.45, 7) is 1.92. The zero-order chi connectivity index (χ0) is 12.4. The number of rotatable bonds is 3. The molecule has 1 atom stereocenters. The maximum atomic E-state index is 13.1. The number of aromatic nitrogens is 2. The average molecular weight is 233 g/mol. The van der Waals surface area contributed by atoms with Crippen LogP contribution in [0.5, 0.6) is 0 Å². The monoisotopic (exact) mass is 233 g/mol. The lowest BCUT2D eigenvalue weighted by molar-refractivity contribution is 0.621. The Balaban J connectivity index is 2.42. The average Bonchev–Trinajstić information content (AvgIpc) is 2.69. The van der Waals surface area contributed by atoms with Crippen molar-refractivity contribution < 1.29 is 4.39 Å². The molecule has 0 bridgehead atoms. The van der Waals surface area contributed by atoms with E-state index >= 15 is 0 Å². The van der Waals surface area contributed by atoms with E-state index in [0.717, 1.165) is 16.7 Å². The molecule has 0 aliphatic rings. The van der Waals surface area contributed by atoms with Crippen molar-refractivity contribution in [1.82, 2.24) is 15.1 Å². The molecule has 90 valence electrons. The molecule has 0 aliphatic heterocycles. The summed E-state index contributed by atoms with van der Waals surface area (Å²) in [6.07, 6.45) is 3.79. The number of aryl methyl sites for hydroxylation is 2. The highest BCUT2D eigenvalue weighted by molar-refractivity contribution is 5.35. The van der Waals surface area contributed by atoms with E-state index in [2.05, 4.69) is 10.4 Å². The van der Waals surface area contributed by atoms with Crippen molar-refractivity contribution in [2.24, 2.45) is 7.05 Å². The van der Waals surface area contributed by atoms with Crippen molar-refractivity contribution in [2.45, 2.75) is 13.0 Å². The summed E-state index contributed by atoms with van der Waals surface area (Å²) in [5.41, 5.74) is 3.08. The van der Waals surface area contributed by atoms with Gasteiger partial charge < -0.3 is 5.32 Å². The van der Waals surface area contributed by atoms with E-state index in [0.29, 0.717) is 0 Å². The highest BCUT2D eigenvalue weighted by atomic mass is 19.1. The van der Waals surface area contributed by atoms with Crippen LogP contribution in [0.25, 0.3) is 0 Å². The Labute approximate surface area is 100 Å². The van der Waals surface area contributed by atoms with Crippen LogP contribution in [0.15, 0.2) is 30.6 Å². The molecule has 2 rings (SSSR count). The lowest BCUT2D eigenvalue weighted by Gasteiger charge is -2.17. The lowest BCUT2D eigenvalue weighted by atomic mass is 9.97. The van der Waals surface area contributed by atoms with Crippen molar-refractivity contribution in [2.75, 3.05) is 7.05 Å². The van der Waals surface area contributed by atoms with Gasteiger partial charge in [-0.2, -0.15) is 5.10 Å². The molecule has 1 aromatic heterocycles. The van der Waals surface area contributed by atoms with Gasteiger partial charge in [-0.1, -0.05) is 6.07 Å². The highest BCUT2D eigenvalue weighted by Crippen LogP contribution is 2.24. The van der Waals surface area contributed by atoms with E-state index < -0.39 is 0 Å². The predicted octanol–water partition coefficient (Wildman–Crippen LogP) is 2.18. The van der Waals surface area contributed by atoms with E-state index in [4.69, 9.17) is 0 Å². The second-order valence-electron chi connectivity index (χ2n) is 4.17. The van der Waals surface area contributed by atoms with E-state index in [-0.39, 0.29) is 11.9 Å². The Kier molecular flexibility index (Phi) is 3.24. The zero-order valence-electron chi connectivity index (χ0n) is 10.2. The maximum Gasteiger partial charge on any atom is 0.123 e. The fraction of sp³-hybridized carbons (Fsp3) is 0.308. The van der Waals surface area contributed by atoms with Crippen LogP contribution >= 0.6 is 0 Å². The van der Waals surface area contributed by atoms with Crippen molar-refractivity contribution in [3.8, 4) is 0 Å². The standard InChI is InChI=1S/C13H16FN3/c1-9-6-11(14)4-5-12(9)13(15-2)10-7-16-17(3)8-10/h4-8,13,15H,1-3H3. The Morgan fingerprint density at radius 2 is 2.18 bits per heavy atom. The number of nitrogens with zero attached hydrogens (tertiary/aromatic N) is 2. The normalized spacial score (nSPS) is 12.7. The number of hydrogen-bond acceptors (Lipinski definition) is 2. The Hall–Kier alpha value is -1.68. The molecule has 0 fully saturated rings. The van der Waals surface area contributed by atoms with Crippen LogP contribution in [-0.4, -0.2) is 16.8 Å². The van der Waals surface area contributed by atoms with E-state index in [1.165, 1.54) is 6.07 Å². The molecule has 0 amide bonds. The number of hydrogen-bond donors (Lipinski definition) is 1. The minimum absolute atomic E-state index is 0.0456. The third-order valence-electron chi connectivity index (χ3n) is 2.89. The second kappa shape index (κ2) is 4.67. The van der Waals surface area contributed by atoms with E-state index in [9.17, 15) is 4.39 Å². The van der Waals surface area contributed by atoms with Crippen molar-refractivity contribution >= 4 is 0 Å². The lowest BCUT2D eigenvalue weighted by Crippen LogP contribution is -2.18. The first-order valence-electron chi connectivity index (χ1n) is 5.53.